The van der Waals surface area contributed by atoms with Crippen molar-refractivity contribution in [1.82, 2.24) is 5.32 Å². The lowest BCUT2D eigenvalue weighted by molar-refractivity contribution is -0.151. The van der Waals surface area contributed by atoms with Crippen molar-refractivity contribution in [1.29, 1.82) is 0 Å². The summed E-state index contributed by atoms with van der Waals surface area (Å²) in [7, 11) is 0. The van der Waals surface area contributed by atoms with E-state index in [1.807, 2.05) is 0 Å². The van der Waals surface area contributed by atoms with Crippen molar-refractivity contribution in [2.45, 2.75) is 244 Å². The Kier molecular flexibility index (Phi) is 39.8. The Morgan fingerprint density at radius 3 is 1.47 bits per heavy atom. The fraction of sp³-hybridized carbons (Fsp3) is 0.830. The van der Waals surface area contributed by atoms with Crippen LogP contribution in [-0.4, -0.2) is 46.9 Å². The second-order valence-corrected chi connectivity index (χ2v) is 15.5. The van der Waals surface area contributed by atoms with E-state index in [0.29, 0.717) is 19.3 Å². The SMILES string of the molecule is CCCCC/C=C\C/C=C\C/C=C\CCCCC(CC(=O)NC(CO)C(O)CCCCCCCCCCCC)OC(=O)CCCCCCCCCCC. The molecule has 0 bridgehead atoms. The molecule has 0 saturated heterocycles. The smallest absolute Gasteiger partial charge is 0.306 e. The van der Waals surface area contributed by atoms with E-state index in [4.69, 9.17) is 4.74 Å². The molecule has 0 aliphatic carbocycles. The number of nitrogens with one attached hydrogen (secondary N) is 1. The Morgan fingerprint density at radius 1 is 0.547 bits per heavy atom. The molecule has 3 unspecified atom stereocenters. The number of ether oxygens (including phenoxy) is 1. The Balaban J connectivity index is 4.67. The maximum absolute atomic E-state index is 13.1. The van der Waals surface area contributed by atoms with Crippen molar-refractivity contribution < 1.29 is 24.5 Å². The fourth-order valence-corrected chi connectivity index (χ4v) is 6.73. The van der Waals surface area contributed by atoms with Gasteiger partial charge in [-0.15, -0.1) is 0 Å². The van der Waals surface area contributed by atoms with Crippen LogP contribution in [0.1, 0.15) is 226 Å². The lowest BCUT2D eigenvalue weighted by Crippen LogP contribution is -2.46. The molecule has 0 aromatic heterocycles. The highest BCUT2D eigenvalue weighted by Gasteiger charge is 2.24. The van der Waals surface area contributed by atoms with E-state index in [0.717, 1.165) is 70.6 Å². The number of unbranched alkanes of at least 4 members (excludes halogenated alkanes) is 22. The topological polar surface area (TPSA) is 95.9 Å². The van der Waals surface area contributed by atoms with Gasteiger partial charge in [0.15, 0.2) is 0 Å². The summed E-state index contributed by atoms with van der Waals surface area (Å²) in [6.45, 7) is 6.40. The van der Waals surface area contributed by atoms with Crippen molar-refractivity contribution in [3.05, 3.63) is 36.5 Å². The molecule has 53 heavy (non-hydrogen) atoms. The zero-order chi connectivity index (χ0) is 38.9. The van der Waals surface area contributed by atoms with Crippen LogP contribution in [0.4, 0.5) is 0 Å². The number of aliphatic hydroxyl groups is 2. The summed E-state index contributed by atoms with van der Waals surface area (Å²) < 4.78 is 5.87. The molecular formula is C47H87NO5. The molecule has 310 valence electrons. The molecule has 0 aromatic rings. The Hall–Kier alpha value is -1.92. The van der Waals surface area contributed by atoms with E-state index in [1.165, 1.54) is 109 Å². The monoisotopic (exact) mass is 746 g/mol. The highest BCUT2D eigenvalue weighted by atomic mass is 16.5. The van der Waals surface area contributed by atoms with Crippen LogP contribution in [0.3, 0.4) is 0 Å². The van der Waals surface area contributed by atoms with Gasteiger partial charge < -0.3 is 20.3 Å². The van der Waals surface area contributed by atoms with Gasteiger partial charge in [-0.3, -0.25) is 9.59 Å². The number of carbonyl (C=O) groups is 2. The summed E-state index contributed by atoms with van der Waals surface area (Å²) in [6.07, 6.45) is 46.3. The summed E-state index contributed by atoms with van der Waals surface area (Å²) in [5.74, 6) is -0.512. The Bertz CT molecular complexity index is 884. The van der Waals surface area contributed by atoms with Gasteiger partial charge in [0.1, 0.15) is 6.10 Å². The number of carbonyl (C=O) groups excluding carboxylic acids is 2. The Labute approximate surface area is 328 Å². The summed E-state index contributed by atoms with van der Waals surface area (Å²) in [5, 5.41) is 23.6. The molecule has 6 nitrogen and oxygen atoms in total. The van der Waals surface area contributed by atoms with Crippen LogP contribution in [-0.2, 0) is 14.3 Å². The van der Waals surface area contributed by atoms with E-state index in [9.17, 15) is 19.8 Å². The molecule has 0 spiro atoms. The van der Waals surface area contributed by atoms with Gasteiger partial charge in [0.25, 0.3) is 0 Å². The number of aliphatic hydroxyl groups excluding tert-OH is 2. The van der Waals surface area contributed by atoms with E-state index < -0.39 is 18.2 Å². The minimum Gasteiger partial charge on any atom is -0.462 e. The van der Waals surface area contributed by atoms with E-state index in [-0.39, 0.29) is 24.9 Å². The average molecular weight is 746 g/mol. The van der Waals surface area contributed by atoms with Crippen LogP contribution in [0.5, 0.6) is 0 Å². The zero-order valence-corrected chi connectivity index (χ0v) is 35.1. The molecule has 0 rings (SSSR count). The molecule has 0 saturated carbocycles. The van der Waals surface area contributed by atoms with Gasteiger partial charge in [0.05, 0.1) is 25.2 Å². The Morgan fingerprint density at radius 2 is 0.962 bits per heavy atom. The van der Waals surface area contributed by atoms with E-state index >= 15 is 0 Å². The first-order chi connectivity index (χ1) is 26.0. The third-order valence-corrected chi connectivity index (χ3v) is 10.2. The molecule has 1 amide bonds. The molecule has 0 aromatic carbocycles. The summed E-state index contributed by atoms with van der Waals surface area (Å²) >= 11 is 0. The van der Waals surface area contributed by atoms with Crippen LogP contribution in [0, 0.1) is 0 Å². The van der Waals surface area contributed by atoms with Crippen LogP contribution < -0.4 is 5.32 Å². The highest BCUT2D eigenvalue weighted by molar-refractivity contribution is 5.77. The second-order valence-electron chi connectivity index (χ2n) is 15.5. The molecule has 0 heterocycles. The number of hydrogen-bond acceptors (Lipinski definition) is 5. The quantitative estimate of drug-likeness (QED) is 0.0330. The third-order valence-electron chi connectivity index (χ3n) is 10.2. The molecule has 6 heteroatoms. The van der Waals surface area contributed by atoms with Crippen molar-refractivity contribution in [2.24, 2.45) is 0 Å². The number of amides is 1. The number of rotatable bonds is 40. The molecule has 3 atom stereocenters. The van der Waals surface area contributed by atoms with Crippen molar-refractivity contribution in [3.63, 3.8) is 0 Å². The molecule has 0 aliphatic rings. The summed E-state index contributed by atoms with van der Waals surface area (Å²) in [4.78, 5) is 25.9. The minimum absolute atomic E-state index is 0.0542. The lowest BCUT2D eigenvalue weighted by atomic mass is 10.0. The molecule has 0 fully saturated rings. The van der Waals surface area contributed by atoms with Gasteiger partial charge in [0.2, 0.25) is 5.91 Å². The van der Waals surface area contributed by atoms with Crippen molar-refractivity contribution in [2.75, 3.05) is 6.61 Å². The maximum atomic E-state index is 13.1. The maximum Gasteiger partial charge on any atom is 0.306 e. The van der Waals surface area contributed by atoms with Gasteiger partial charge in [-0.05, 0) is 64.2 Å². The number of allylic oxidation sites excluding steroid dienone is 6. The second kappa shape index (κ2) is 41.2. The highest BCUT2D eigenvalue weighted by Crippen LogP contribution is 2.17. The lowest BCUT2D eigenvalue weighted by Gasteiger charge is -2.24. The van der Waals surface area contributed by atoms with Gasteiger partial charge in [-0.1, -0.05) is 186 Å². The van der Waals surface area contributed by atoms with E-state index in [1.54, 1.807) is 0 Å². The average Bonchev–Trinajstić information content (AvgIpc) is 3.15. The van der Waals surface area contributed by atoms with Crippen LogP contribution in [0.25, 0.3) is 0 Å². The molecular weight excluding hydrogens is 659 g/mol. The van der Waals surface area contributed by atoms with E-state index in [2.05, 4.69) is 62.5 Å². The number of esters is 1. The fourth-order valence-electron chi connectivity index (χ4n) is 6.73. The zero-order valence-electron chi connectivity index (χ0n) is 35.1. The van der Waals surface area contributed by atoms with Crippen LogP contribution in [0.2, 0.25) is 0 Å². The molecule has 3 N–H and O–H groups in total. The summed E-state index contributed by atoms with van der Waals surface area (Å²) in [5.41, 5.74) is 0. The molecule has 0 radical (unpaired) electrons. The predicted molar refractivity (Wildman–Crippen MR) is 227 cm³/mol. The van der Waals surface area contributed by atoms with Gasteiger partial charge in [-0.25, -0.2) is 0 Å². The standard InChI is InChI=1S/C47H87NO5/c1-4-7-10-13-16-19-21-22-23-24-25-27-29-32-35-38-43(53-47(52)40-37-34-31-26-18-15-12-9-6-3)41-46(51)48-44(42-49)45(50)39-36-33-30-28-20-17-14-11-8-5-2/h16,19,22-23,25,27,43-45,49-50H,4-15,17-18,20-21,24,26,28-42H2,1-3H3,(H,48,51)/b19-16-,23-22-,27-25-. The first kappa shape index (κ1) is 51.1. The minimum atomic E-state index is -0.792. The largest absolute Gasteiger partial charge is 0.462 e. The van der Waals surface area contributed by atoms with Gasteiger partial charge in [-0.2, -0.15) is 0 Å². The van der Waals surface area contributed by atoms with Crippen LogP contribution in [0.15, 0.2) is 36.5 Å². The van der Waals surface area contributed by atoms with Gasteiger partial charge in [0, 0.05) is 6.42 Å². The number of hydrogen-bond donors (Lipinski definition) is 3. The summed E-state index contributed by atoms with van der Waals surface area (Å²) in [6, 6.07) is -0.708. The first-order valence-corrected chi connectivity index (χ1v) is 22.7. The van der Waals surface area contributed by atoms with Crippen molar-refractivity contribution >= 4 is 11.9 Å². The van der Waals surface area contributed by atoms with Crippen molar-refractivity contribution in [3.8, 4) is 0 Å². The predicted octanol–water partition coefficient (Wildman–Crippen LogP) is 12.9. The van der Waals surface area contributed by atoms with Gasteiger partial charge >= 0.3 is 5.97 Å². The van der Waals surface area contributed by atoms with Crippen LogP contribution >= 0.6 is 0 Å². The first-order valence-electron chi connectivity index (χ1n) is 22.7. The third kappa shape index (κ3) is 36.8. The normalized spacial score (nSPS) is 13.7. The molecule has 0 aliphatic heterocycles.